The van der Waals surface area contributed by atoms with Crippen LogP contribution in [0.15, 0.2) is 53.4 Å². The first-order valence-corrected chi connectivity index (χ1v) is 9.23. The zero-order chi connectivity index (χ0) is 20.2. The molecule has 0 saturated heterocycles. The van der Waals surface area contributed by atoms with Crippen LogP contribution in [0.4, 0.5) is 5.69 Å². The topological polar surface area (TPSA) is 136 Å². The van der Waals surface area contributed by atoms with Gasteiger partial charge >= 0.3 is 5.97 Å². The fraction of sp³-hybridized carbons (Fsp3) is 0.235. The van der Waals surface area contributed by atoms with E-state index in [0.717, 1.165) is 24.8 Å². The number of nitro benzene ring substituents is 1. The van der Waals surface area contributed by atoms with Gasteiger partial charge in [0.2, 0.25) is 10.0 Å². The quantitative estimate of drug-likeness (QED) is 0.412. The number of aryl methyl sites for hydroxylation is 1. The molecule has 0 fully saturated rings. The van der Waals surface area contributed by atoms with Crippen molar-refractivity contribution in [1.82, 2.24) is 4.72 Å². The number of benzene rings is 2. The number of hydrogen-bond donors (Lipinski definition) is 2. The SMILES string of the molecule is COC(=O)[C@H](O)[C@@H](NS(=O)(=O)c1ccc(C)cc1)c1ccc([N+](=O)[O-])cc1. The molecule has 0 radical (unpaired) electrons. The molecule has 27 heavy (non-hydrogen) atoms. The van der Waals surface area contributed by atoms with Crippen molar-refractivity contribution in [3.63, 3.8) is 0 Å². The summed E-state index contributed by atoms with van der Waals surface area (Å²) < 4.78 is 32.0. The molecule has 0 saturated carbocycles. The minimum Gasteiger partial charge on any atom is -0.467 e. The van der Waals surface area contributed by atoms with Gasteiger partial charge in [-0.25, -0.2) is 17.9 Å². The van der Waals surface area contributed by atoms with Gasteiger partial charge in [0, 0.05) is 12.1 Å². The van der Waals surface area contributed by atoms with Crippen LogP contribution in [0.25, 0.3) is 0 Å². The summed E-state index contributed by atoms with van der Waals surface area (Å²) in [7, 11) is -3.04. The second-order valence-corrected chi connectivity index (χ2v) is 7.44. The predicted octanol–water partition coefficient (Wildman–Crippen LogP) is 1.46. The molecule has 0 heterocycles. The Morgan fingerprint density at radius 2 is 1.70 bits per heavy atom. The molecule has 0 unspecified atom stereocenters. The lowest BCUT2D eigenvalue weighted by Gasteiger charge is -2.23. The molecule has 0 amide bonds. The number of nitrogens with one attached hydrogen (secondary N) is 1. The van der Waals surface area contributed by atoms with Gasteiger partial charge in [0.15, 0.2) is 6.10 Å². The van der Waals surface area contributed by atoms with E-state index in [2.05, 4.69) is 9.46 Å². The summed E-state index contributed by atoms with van der Waals surface area (Å²) in [5, 5.41) is 21.0. The molecule has 0 aliphatic carbocycles. The Kier molecular flexibility index (Phi) is 6.26. The minimum atomic E-state index is -4.09. The molecule has 0 spiro atoms. The highest BCUT2D eigenvalue weighted by atomic mass is 32.2. The third-order valence-electron chi connectivity index (χ3n) is 3.83. The maximum absolute atomic E-state index is 12.6. The lowest BCUT2D eigenvalue weighted by atomic mass is 10.0. The molecule has 2 rings (SSSR count). The molecule has 144 valence electrons. The first-order valence-electron chi connectivity index (χ1n) is 7.75. The van der Waals surface area contributed by atoms with E-state index >= 15 is 0 Å². The highest BCUT2D eigenvalue weighted by Gasteiger charge is 2.33. The third kappa shape index (κ3) is 4.88. The Morgan fingerprint density at radius 1 is 1.15 bits per heavy atom. The molecular formula is C17H18N2O7S. The molecule has 2 atom stereocenters. The number of hydrogen-bond acceptors (Lipinski definition) is 7. The van der Waals surface area contributed by atoms with Gasteiger partial charge in [0.25, 0.3) is 5.69 Å². The monoisotopic (exact) mass is 394 g/mol. The van der Waals surface area contributed by atoms with Crippen LogP contribution in [0.3, 0.4) is 0 Å². The molecular weight excluding hydrogens is 376 g/mol. The van der Waals surface area contributed by atoms with Crippen molar-refractivity contribution in [1.29, 1.82) is 0 Å². The molecule has 0 aliphatic rings. The van der Waals surface area contributed by atoms with Crippen molar-refractivity contribution in [2.24, 2.45) is 0 Å². The van der Waals surface area contributed by atoms with Crippen LogP contribution >= 0.6 is 0 Å². The molecule has 0 bridgehead atoms. The lowest BCUT2D eigenvalue weighted by molar-refractivity contribution is -0.384. The molecule has 2 aromatic carbocycles. The summed E-state index contributed by atoms with van der Waals surface area (Å²) in [5.41, 5.74) is 0.802. The van der Waals surface area contributed by atoms with Gasteiger partial charge in [0.1, 0.15) is 0 Å². The number of methoxy groups -OCH3 is 1. The number of aliphatic hydroxyl groups excluding tert-OH is 1. The van der Waals surface area contributed by atoms with E-state index in [1.54, 1.807) is 19.1 Å². The molecule has 2 aromatic rings. The van der Waals surface area contributed by atoms with Gasteiger partial charge in [-0.1, -0.05) is 29.8 Å². The van der Waals surface area contributed by atoms with Gasteiger partial charge in [-0.3, -0.25) is 10.1 Å². The Bertz CT molecular complexity index is 925. The summed E-state index contributed by atoms with van der Waals surface area (Å²) in [6.45, 7) is 1.80. The van der Waals surface area contributed by atoms with Crippen molar-refractivity contribution >= 4 is 21.7 Å². The summed E-state index contributed by atoms with van der Waals surface area (Å²) in [4.78, 5) is 21.9. The number of carbonyl (C=O) groups is 1. The lowest BCUT2D eigenvalue weighted by Crippen LogP contribution is -2.40. The van der Waals surface area contributed by atoms with E-state index in [9.17, 15) is 28.4 Å². The van der Waals surface area contributed by atoms with E-state index in [1.165, 1.54) is 24.3 Å². The number of carbonyl (C=O) groups excluding carboxylic acids is 1. The molecule has 0 aromatic heterocycles. The number of non-ortho nitro benzene ring substituents is 1. The second kappa shape index (κ2) is 8.25. The van der Waals surface area contributed by atoms with Crippen molar-refractivity contribution in [3.05, 3.63) is 69.8 Å². The first kappa shape index (κ1) is 20.5. The van der Waals surface area contributed by atoms with E-state index in [4.69, 9.17) is 0 Å². The summed E-state index contributed by atoms with van der Waals surface area (Å²) in [6, 6.07) is 9.38. The third-order valence-corrected chi connectivity index (χ3v) is 5.29. The number of esters is 1. The highest BCUT2D eigenvalue weighted by Crippen LogP contribution is 2.24. The maximum Gasteiger partial charge on any atom is 0.336 e. The van der Waals surface area contributed by atoms with Crippen LogP contribution in [0.5, 0.6) is 0 Å². The van der Waals surface area contributed by atoms with Crippen LogP contribution in [-0.2, 0) is 19.6 Å². The van der Waals surface area contributed by atoms with E-state index in [0.29, 0.717) is 0 Å². The Balaban J connectivity index is 2.41. The van der Waals surface area contributed by atoms with Gasteiger partial charge in [-0.15, -0.1) is 0 Å². The number of ether oxygens (including phenoxy) is 1. The largest absolute Gasteiger partial charge is 0.467 e. The minimum absolute atomic E-state index is 0.0583. The molecule has 9 nitrogen and oxygen atoms in total. The molecule has 0 aliphatic heterocycles. The fourth-order valence-corrected chi connectivity index (χ4v) is 3.56. The van der Waals surface area contributed by atoms with E-state index < -0.39 is 33.1 Å². The van der Waals surface area contributed by atoms with Gasteiger partial charge < -0.3 is 9.84 Å². The highest BCUT2D eigenvalue weighted by molar-refractivity contribution is 7.89. The number of nitro groups is 1. The Morgan fingerprint density at radius 3 is 2.19 bits per heavy atom. The number of nitrogens with zero attached hydrogens (tertiary/aromatic N) is 1. The average Bonchev–Trinajstić information content (AvgIpc) is 2.65. The van der Waals surface area contributed by atoms with Gasteiger partial charge in [0.05, 0.1) is 23.0 Å². The standard InChI is InChI=1S/C17H18N2O7S/c1-11-3-9-14(10-4-11)27(24,25)18-15(16(20)17(21)26-2)12-5-7-13(8-6-12)19(22)23/h3-10,15-16,18,20H,1-2H3/t15-,16+/m0/s1. The van der Waals surface area contributed by atoms with Gasteiger partial charge in [-0.2, -0.15) is 0 Å². The molecule has 2 N–H and O–H groups in total. The predicted molar refractivity (Wildman–Crippen MR) is 95.4 cm³/mol. The zero-order valence-electron chi connectivity index (χ0n) is 14.5. The Hall–Kier alpha value is -2.82. The van der Waals surface area contributed by atoms with Crippen LogP contribution < -0.4 is 4.72 Å². The summed E-state index contributed by atoms with van der Waals surface area (Å²) in [6.07, 6.45) is -1.85. The summed E-state index contributed by atoms with van der Waals surface area (Å²) in [5.74, 6) is -1.05. The maximum atomic E-state index is 12.6. The second-order valence-electron chi connectivity index (χ2n) is 5.73. The Labute approximate surface area is 155 Å². The van der Waals surface area contributed by atoms with Crippen LogP contribution in [0, 0.1) is 17.0 Å². The number of sulfonamides is 1. The smallest absolute Gasteiger partial charge is 0.336 e. The van der Waals surface area contributed by atoms with E-state index in [1.807, 2.05) is 0 Å². The fourth-order valence-electron chi connectivity index (χ4n) is 2.33. The van der Waals surface area contributed by atoms with Crippen molar-refractivity contribution < 1.29 is 28.0 Å². The molecule has 10 heteroatoms. The van der Waals surface area contributed by atoms with Crippen LogP contribution in [0.2, 0.25) is 0 Å². The number of aliphatic hydroxyl groups is 1. The average molecular weight is 394 g/mol. The number of rotatable bonds is 7. The van der Waals surface area contributed by atoms with Gasteiger partial charge in [-0.05, 0) is 24.6 Å². The zero-order valence-corrected chi connectivity index (χ0v) is 15.3. The van der Waals surface area contributed by atoms with Crippen molar-refractivity contribution in [2.45, 2.75) is 24.0 Å². The van der Waals surface area contributed by atoms with Crippen LogP contribution in [-0.4, -0.2) is 37.6 Å². The summed E-state index contributed by atoms with van der Waals surface area (Å²) >= 11 is 0. The van der Waals surface area contributed by atoms with Crippen LogP contribution in [0.1, 0.15) is 17.2 Å². The normalized spacial score (nSPS) is 13.6. The first-order chi connectivity index (χ1) is 12.7. The van der Waals surface area contributed by atoms with Crippen molar-refractivity contribution in [2.75, 3.05) is 7.11 Å². The van der Waals surface area contributed by atoms with Crippen molar-refractivity contribution in [3.8, 4) is 0 Å². The van der Waals surface area contributed by atoms with E-state index in [-0.39, 0.29) is 16.1 Å².